The molecule has 0 unspecified atom stereocenters. The summed E-state index contributed by atoms with van der Waals surface area (Å²) < 4.78 is 0. The lowest BCUT2D eigenvalue weighted by atomic mass is 10.0. The Morgan fingerprint density at radius 3 is 2.31 bits per heavy atom. The molecule has 0 bridgehead atoms. The lowest BCUT2D eigenvalue weighted by molar-refractivity contribution is 0.0958. The van der Waals surface area contributed by atoms with E-state index in [0.717, 1.165) is 16.7 Å². The Bertz CT molecular complexity index is 1040. The third-order valence-corrected chi connectivity index (χ3v) is 4.74. The molecule has 3 rings (SSSR count). The fraction of sp³-hybridized carbons (Fsp3) is 0.136. The van der Waals surface area contributed by atoms with Crippen LogP contribution in [0.2, 0.25) is 5.02 Å². The van der Waals surface area contributed by atoms with Crippen molar-refractivity contribution >= 4 is 34.9 Å². The smallest absolute Gasteiger partial charge is 0.323 e. The van der Waals surface area contributed by atoms with Crippen molar-refractivity contribution in [3.63, 3.8) is 0 Å². The van der Waals surface area contributed by atoms with Gasteiger partial charge in [0.1, 0.15) is 5.69 Å². The Morgan fingerprint density at radius 2 is 1.62 bits per heavy atom. The number of urea groups is 1. The summed E-state index contributed by atoms with van der Waals surface area (Å²) in [6.07, 6.45) is 2.28. The van der Waals surface area contributed by atoms with Gasteiger partial charge in [0, 0.05) is 29.6 Å². The van der Waals surface area contributed by atoms with E-state index in [-0.39, 0.29) is 11.9 Å². The van der Waals surface area contributed by atoms with Crippen LogP contribution in [0.1, 0.15) is 27.2 Å². The summed E-state index contributed by atoms with van der Waals surface area (Å²) in [6, 6.07) is 16.2. The van der Waals surface area contributed by atoms with Gasteiger partial charge in [-0.15, -0.1) is 0 Å². The fourth-order valence-corrected chi connectivity index (χ4v) is 2.91. The van der Waals surface area contributed by atoms with E-state index in [9.17, 15) is 9.59 Å². The molecule has 2 aromatic carbocycles. The Hall–Kier alpha value is -3.38. The zero-order chi connectivity index (χ0) is 20.8. The van der Waals surface area contributed by atoms with Crippen LogP contribution < -0.4 is 16.0 Å². The maximum atomic E-state index is 12.2. The molecule has 29 heavy (non-hydrogen) atoms. The first-order valence-electron chi connectivity index (χ1n) is 9.04. The van der Waals surface area contributed by atoms with Crippen molar-refractivity contribution in [3.05, 3.63) is 88.2 Å². The molecule has 0 saturated heterocycles. The number of amides is 3. The minimum Gasteiger partial charge on any atom is -0.354 e. The highest BCUT2D eigenvalue weighted by atomic mass is 35.5. The van der Waals surface area contributed by atoms with Gasteiger partial charge in [-0.3, -0.25) is 9.78 Å². The molecular formula is C22H21ClN4O2. The lowest BCUT2D eigenvalue weighted by Crippen LogP contribution is -2.19. The van der Waals surface area contributed by atoms with Gasteiger partial charge < -0.3 is 16.0 Å². The quantitative estimate of drug-likeness (QED) is 0.575. The second-order valence-electron chi connectivity index (χ2n) is 6.55. The van der Waals surface area contributed by atoms with Crippen LogP contribution in [0.4, 0.5) is 16.2 Å². The maximum Gasteiger partial charge on any atom is 0.323 e. The summed E-state index contributed by atoms with van der Waals surface area (Å²) in [6.45, 7) is 1.88. The fourth-order valence-electron chi connectivity index (χ4n) is 2.79. The minimum atomic E-state index is -0.330. The number of halogens is 1. The molecule has 3 aromatic rings. The van der Waals surface area contributed by atoms with E-state index in [0.29, 0.717) is 28.5 Å². The Labute approximate surface area is 174 Å². The third kappa shape index (κ3) is 5.56. The van der Waals surface area contributed by atoms with Crippen molar-refractivity contribution in [2.75, 3.05) is 17.7 Å². The van der Waals surface area contributed by atoms with Gasteiger partial charge in [0.05, 0.1) is 0 Å². The van der Waals surface area contributed by atoms with Crippen molar-refractivity contribution < 1.29 is 9.59 Å². The molecule has 1 heterocycles. The molecule has 3 amide bonds. The number of rotatable bonds is 5. The number of hydrogen-bond acceptors (Lipinski definition) is 3. The van der Waals surface area contributed by atoms with Gasteiger partial charge in [-0.25, -0.2) is 4.79 Å². The summed E-state index contributed by atoms with van der Waals surface area (Å²) in [5, 5.41) is 8.81. The highest BCUT2D eigenvalue weighted by molar-refractivity contribution is 6.31. The second kappa shape index (κ2) is 9.21. The van der Waals surface area contributed by atoms with Crippen LogP contribution in [0.15, 0.2) is 60.8 Å². The summed E-state index contributed by atoms with van der Waals surface area (Å²) in [5.41, 5.74) is 4.67. The normalized spacial score (nSPS) is 10.3. The van der Waals surface area contributed by atoms with E-state index in [1.165, 1.54) is 0 Å². The molecule has 1 aromatic heterocycles. The molecule has 6 nitrogen and oxygen atoms in total. The predicted octanol–water partition coefficient (Wildman–Crippen LogP) is 4.64. The van der Waals surface area contributed by atoms with E-state index < -0.39 is 0 Å². The minimum absolute atomic E-state index is 0.215. The van der Waals surface area contributed by atoms with Gasteiger partial charge in [-0.1, -0.05) is 23.7 Å². The van der Waals surface area contributed by atoms with Gasteiger partial charge >= 0.3 is 6.03 Å². The molecule has 0 aliphatic heterocycles. The molecule has 0 aliphatic rings. The van der Waals surface area contributed by atoms with E-state index in [1.54, 1.807) is 31.4 Å². The maximum absolute atomic E-state index is 12.2. The van der Waals surface area contributed by atoms with Crippen molar-refractivity contribution in [2.45, 2.75) is 13.3 Å². The highest BCUT2D eigenvalue weighted by Gasteiger charge is 2.07. The van der Waals surface area contributed by atoms with Crippen molar-refractivity contribution in [2.24, 2.45) is 0 Å². The number of nitrogens with zero attached hydrogens (tertiary/aromatic N) is 1. The number of aromatic nitrogens is 1. The molecule has 0 radical (unpaired) electrons. The van der Waals surface area contributed by atoms with Gasteiger partial charge in [0.2, 0.25) is 0 Å². The molecule has 0 atom stereocenters. The van der Waals surface area contributed by atoms with Crippen LogP contribution in [0, 0.1) is 6.92 Å². The van der Waals surface area contributed by atoms with Gasteiger partial charge in [-0.2, -0.15) is 0 Å². The Balaban J connectivity index is 1.60. The number of nitrogens with one attached hydrogen (secondary N) is 3. The van der Waals surface area contributed by atoms with Crippen molar-refractivity contribution in [1.29, 1.82) is 0 Å². The average molecular weight is 409 g/mol. The average Bonchev–Trinajstić information content (AvgIpc) is 2.72. The first-order chi connectivity index (χ1) is 13.9. The first kappa shape index (κ1) is 20.4. The topological polar surface area (TPSA) is 83.1 Å². The second-order valence-corrected chi connectivity index (χ2v) is 6.95. The van der Waals surface area contributed by atoms with Crippen LogP contribution in [0.3, 0.4) is 0 Å². The lowest BCUT2D eigenvalue weighted by Gasteiger charge is -2.10. The van der Waals surface area contributed by atoms with Crippen LogP contribution >= 0.6 is 11.6 Å². The SMILES string of the molecule is CNC(=O)c1cc(Cc2ccc(NC(=O)Nc3ccc(Cl)c(C)c3)cc2)ccn1. The zero-order valence-electron chi connectivity index (χ0n) is 16.1. The molecule has 0 aliphatic carbocycles. The highest BCUT2D eigenvalue weighted by Crippen LogP contribution is 2.20. The van der Waals surface area contributed by atoms with Crippen LogP contribution in [-0.2, 0) is 6.42 Å². The predicted molar refractivity (Wildman–Crippen MR) is 116 cm³/mol. The van der Waals surface area contributed by atoms with Crippen molar-refractivity contribution in [1.82, 2.24) is 10.3 Å². The molecule has 3 N–H and O–H groups in total. The number of pyridine rings is 1. The molecule has 0 saturated carbocycles. The number of benzene rings is 2. The standard InChI is InChI=1S/C22H21ClN4O2/c1-14-11-18(7-8-19(14)23)27-22(29)26-17-5-3-15(4-6-17)12-16-9-10-25-20(13-16)21(28)24-2/h3-11,13H,12H2,1-2H3,(H,24,28)(H2,26,27,29). The van der Waals surface area contributed by atoms with E-state index in [1.807, 2.05) is 43.3 Å². The molecule has 0 fully saturated rings. The third-order valence-electron chi connectivity index (χ3n) is 4.32. The largest absolute Gasteiger partial charge is 0.354 e. The van der Waals surface area contributed by atoms with E-state index in [4.69, 9.17) is 11.6 Å². The van der Waals surface area contributed by atoms with Crippen molar-refractivity contribution in [3.8, 4) is 0 Å². The summed E-state index contributed by atoms with van der Waals surface area (Å²) >= 11 is 6.00. The molecule has 0 spiro atoms. The number of carbonyl (C=O) groups excluding carboxylic acids is 2. The number of aryl methyl sites for hydroxylation is 1. The number of anilines is 2. The van der Waals surface area contributed by atoms with Gasteiger partial charge in [-0.05, 0) is 72.5 Å². The summed E-state index contributed by atoms with van der Waals surface area (Å²) in [4.78, 5) is 28.0. The van der Waals surface area contributed by atoms with Crippen LogP contribution in [0.25, 0.3) is 0 Å². The van der Waals surface area contributed by atoms with Gasteiger partial charge in [0.25, 0.3) is 5.91 Å². The number of hydrogen-bond donors (Lipinski definition) is 3. The Morgan fingerprint density at radius 1 is 0.931 bits per heavy atom. The van der Waals surface area contributed by atoms with Crippen LogP contribution in [0.5, 0.6) is 0 Å². The number of carbonyl (C=O) groups is 2. The molecule has 148 valence electrons. The zero-order valence-corrected chi connectivity index (χ0v) is 16.9. The van der Waals surface area contributed by atoms with Gasteiger partial charge in [0.15, 0.2) is 0 Å². The Kier molecular flexibility index (Phi) is 6.46. The monoisotopic (exact) mass is 408 g/mol. The van der Waals surface area contributed by atoms with E-state index >= 15 is 0 Å². The first-order valence-corrected chi connectivity index (χ1v) is 9.42. The summed E-state index contributed by atoms with van der Waals surface area (Å²) in [5.74, 6) is -0.215. The molecular weight excluding hydrogens is 388 g/mol. The summed E-state index contributed by atoms with van der Waals surface area (Å²) in [7, 11) is 1.58. The van der Waals surface area contributed by atoms with E-state index in [2.05, 4.69) is 20.9 Å². The van der Waals surface area contributed by atoms with Crippen LogP contribution in [-0.4, -0.2) is 24.0 Å². The molecule has 7 heteroatoms.